The van der Waals surface area contributed by atoms with E-state index in [2.05, 4.69) is 4.84 Å². The summed E-state index contributed by atoms with van der Waals surface area (Å²) in [6.07, 6.45) is -0.376. The molecule has 3 rings (SSSR count). The molecular formula is C11H13NO7. The van der Waals surface area contributed by atoms with Crippen LogP contribution in [0.5, 0.6) is 11.8 Å². The predicted octanol–water partition coefficient (Wildman–Crippen LogP) is 0.368. The molecular weight excluding hydrogens is 258 g/mol. The monoisotopic (exact) mass is 271 g/mol. The second kappa shape index (κ2) is 4.63. The lowest BCUT2D eigenvalue weighted by molar-refractivity contribution is -0.0195. The van der Waals surface area contributed by atoms with Crippen LogP contribution in [0.3, 0.4) is 0 Å². The van der Waals surface area contributed by atoms with Crippen molar-refractivity contribution in [3.8, 4) is 11.8 Å². The molecule has 2 fully saturated rings. The highest BCUT2D eigenvalue weighted by molar-refractivity contribution is 5.61. The Labute approximate surface area is 108 Å². The minimum atomic E-state index is -1.01. The van der Waals surface area contributed by atoms with Crippen molar-refractivity contribution in [2.45, 2.75) is 31.2 Å². The standard InChI is InChI=1S/C11H13NO7/c13-9-1-2-10(14)12(9)19-11(15)18-6-3-7-8(4-6)17-5-16-7/h1-2,6-8,13-14H,3-5H2/t7-,8-/m1/s1. The third-order valence-corrected chi connectivity index (χ3v) is 3.20. The Bertz CT molecular complexity index is 454. The lowest BCUT2D eigenvalue weighted by atomic mass is 10.3. The fourth-order valence-electron chi connectivity index (χ4n) is 2.31. The third-order valence-electron chi connectivity index (χ3n) is 3.20. The highest BCUT2D eigenvalue weighted by Crippen LogP contribution is 2.31. The van der Waals surface area contributed by atoms with Crippen LogP contribution in [0, 0.1) is 0 Å². The number of aromatic nitrogens is 1. The van der Waals surface area contributed by atoms with E-state index in [-0.39, 0.29) is 25.1 Å². The summed E-state index contributed by atoms with van der Waals surface area (Å²) in [5, 5.41) is 18.6. The number of carbonyl (C=O) groups excluding carboxylic acids is 1. The van der Waals surface area contributed by atoms with Crippen LogP contribution in [0.4, 0.5) is 4.79 Å². The molecule has 1 aromatic rings. The minimum Gasteiger partial charge on any atom is -0.492 e. The number of carbonyl (C=O) groups is 1. The van der Waals surface area contributed by atoms with Crippen molar-refractivity contribution in [3.63, 3.8) is 0 Å². The zero-order valence-electron chi connectivity index (χ0n) is 9.89. The van der Waals surface area contributed by atoms with E-state index in [1.807, 2.05) is 0 Å². The molecule has 8 heteroatoms. The van der Waals surface area contributed by atoms with E-state index in [1.165, 1.54) is 12.1 Å². The highest BCUT2D eigenvalue weighted by Gasteiger charge is 2.41. The van der Waals surface area contributed by atoms with Gasteiger partial charge in [0.15, 0.2) is 0 Å². The SMILES string of the molecule is O=C(OC1C[C@H]2OCO[C@@H]2C1)On1c(O)ccc1O. The molecule has 19 heavy (non-hydrogen) atoms. The van der Waals surface area contributed by atoms with Gasteiger partial charge in [0, 0.05) is 25.0 Å². The van der Waals surface area contributed by atoms with Crippen LogP contribution < -0.4 is 4.84 Å². The molecule has 0 bridgehead atoms. The Morgan fingerprint density at radius 2 is 1.79 bits per heavy atom. The Kier molecular flexibility index (Phi) is 2.96. The van der Waals surface area contributed by atoms with Gasteiger partial charge in [0.25, 0.3) is 0 Å². The smallest absolute Gasteiger partial charge is 0.492 e. The first kappa shape index (κ1) is 12.1. The van der Waals surface area contributed by atoms with Crippen molar-refractivity contribution in [1.82, 2.24) is 4.73 Å². The lowest BCUT2D eigenvalue weighted by Gasteiger charge is -2.13. The molecule has 2 atom stereocenters. The van der Waals surface area contributed by atoms with Crippen LogP contribution in [-0.2, 0) is 14.2 Å². The van der Waals surface area contributed by atoms with Crippen molar-refractivity contribution >= 4 is 6.16 Å². The largest absolute Gasteiger partial charge is 0.534 e. The number of nitrogens with zero attached hydrogens (tertiary/aromatic N) is 1. The van der Waals surface area contributed by atoms with E-state index in [0.717, 1.165) is 0 Å². The molecule has 2 heterocycles. The molecule has 8 nitrogen and oxygen atoms in total. The van der Waals surface area contributed by atoms with Crippen molar-refractivity contribution in [1.29, 1.82) is 0 Å². The van der Waals surface area contributed by atoms with Crippen LogP contribution in [0.15, 0.2) is 12.1 Å². The fourth-order valence-corrected chi connectivity index (χ4v) is 2.31. The topological polar surface area (TPSA) is 99.4 Å². The maximum atomic E-state index is 11.5. The number of hydrogen-bond donors (Lipinski definition) is 2. The quantitative estimate of drug-likeness (QED) is 0.749. The van der Waals surface area contributed by atoms with Crippen LogP contribution in [-0.4, -0.2) is 46.2 Å². The van der Waals surface area contributed by atoms with Gasteiger partial charge in [-0.2, -0.15) is 0 Å². The van der Waals surface area contributed by atoms with Crippen LogP contribution in [0.25, 0.3) is 0 Å². The third kappa shape index (κ3) is 2.32. The number of hydrogen-bond acceptors (Lipinski definition) is 7. The fraction of sp³-hybridized carbons (Fsp3) is 0.545. The summed E-state index contributed by atoms with van der Waals surface area (Å²) in [5.41, 5.74) is 0. The molecule has 1 saturated carbocycles. The first-order valence-corrected chi connectivity index (χ1v) is 5.85. The zero-order valence-corrected chi connectivity index (χ0v) is 9.89. The first-order chi connectivity index (χ1) is 9.13. The number of fused-ring (bicyclic) bond motifs is 1. The van der Waals surface area contributed by atoms with E-state index in [4.69, 9.17) is 14.2 Å². The van der Waals surface area contributed by atoms with Gasteiger partial charge in [0.2, 0.25) is 11.8 Å². The van der Waals surface area contributed by atoms with Crippen molar-refractivity contribution in [2.24, 2.45) is 0 Å². The van der Waals surface area contributed by atoms with Gasteiger partial charge in [0.1, 0.15) is 12.9 Å². The minimum absolute atomic E-state index is 0.0498. The summed E-state index contributed by atoms with van der Waals surface area (Å²) in [5.74, 6) is -0.797. The molecule has 1 aromatic heterocycles. The number of ether oxygens (including phenoxy) is 3. The predicted molar refractivity (Wildman–Crippen MR) is 58.5 cm³/mol. The van der Waals surface area contributed by atoms with Gasteiger partial charge < -0.3 is 24.4 Å². The number of aromatic hydroxyl groups is 2. The van der Waals surface area contributed by atoms with E-state index in [0.29, 0.717) is 17.6 Å². The Morgan fingerprint density at radius 1 is 1.21 bits per heavy atom. The van der Waals surface area contributed by atoms with Crippen LogP contribution in [0.1, 0.15) is 12.8 Å². The van der Waals surface area contributed by atoms with E-state index >= 15 is 0 Å². The molecule has 0 unspecified atom stereocenters. The summed E-state index contributed by atoms with van der Waals surface area (Å²) >= 11 is 0. The van der Waals surface area contributed by atoms with Gasteiger partial charge in [-0.15, -0.1) is 4.73 Å². The molecule has 1 aliphatic carbocycles. The Balaban J connectivity index is 1.55. The molecule has 104 valence electrons. The van der Waals surface area contributed by atoms with E-state index in [9.17, 15) is 15.0 Å². The highest BCUT2D eigenvalue weighted by atomic mass is 16.8. The van der Waals surface area contributed by atoms with Crippen LogP contribution >= 0.6 is 0 Å². The molecule has 0 radical (unpaired) electrons. The summed E-state index contributed by atoms with van der Waals surface area (Å²) < 4.78 is 16.2. The first-order valence-electron chi connectivity index (χ1n) is 5.85. The molecule has 1 aliphatic heterocycles. The van der Waals surface area contributed by atoms with Crippen LogP contribution in [0.2, 0.25) is 0 Å². The average Bonchev–Trinajstić information content (AvgIpc) is 2.99. The normalized spacial score (nSPS) is 26.3. The maximum absolute atomic E-state index is 11.5. The van der Waals surface area contributed by atoms with E-state index < -0.39 is 17.9 Å². The van der Waals surface area contributed by atoms with Crippen molar-refractivity contribution in [3.05, 3.63) is 12.1 Å². The average molecular weight is 271 g/mol. The van der Waals surface area contributed by atoms with Gasteiger partial charge in [-0.05, 0) is 0 Å². The van der Waals surface area contributed by atoms with Gasteiger partial charge in [0.05, 0.1) is 12.2 Å². The van der Waals surface area contributed by atoms with Crippen molar-refractivity contribution in [2.75, 3.05) is 6.79 Å². The van der Waals surface area contributed by atoms with Gasteiger partial charge in [-0.3, -0.25) is 4.84 Å². The summed E-state index contributed by atoms with van der Waals surface area (Å²) in [6.45, 7) is 0.275. The van der Waals surface area contributed by atoms with Gasteiger partial charge in [-0.25, -0.2) is 4.79 Å². The summed E-state index contributed by atoms with van der Waals surface area (Å²) in [4.78, 5) is 16.2. The molecule has 0 aromatic carbocycles. The van der Waals surface area contributed by atoms with Crippen molar-refractivity contribution < 1.29 is 34.1 Å². The molecule has 1 saturated heterocycles. The molecule has 0 amide bonds. The zero-order chi connectivity index (χ0) is 13.4. The second-order valence-electron chi connectivity index (χ2n) is 4.42. The summed E-state index contributed by atoms with van der Waals surface area (Å²) in [7, 11) is 0. The van der Waals surface area contributed by atoms with Gasteiger partial charge >= 0.3 is 6.16 Å². The molecule has 0 spiro atoms. The Hall–Kier alpha value is -1.93. The Morgan fingerprint density at radius 3 is 2.37 bits per heavy atom. The van der Waals surface area contributed by atoms with E-state index in [1.54, 1.807) is 0 Å². The van der Waals surface area contributed by atoms with Gasteiger partial charge in [-0.1, -0.05) is 0 Å². The lowest BCUT2D eigenvalue weighted by Crippen LogP contribution is -2.25. The second-order valence-corrected chi connectivity index (χ2v) is 4.42. The molecule has 2 aliphatic rings. The number of rotatable bonds is 2. The maximum Gasteiger partial charge on any atom is 0.534 e. The molecule has 2 N–H and O–H groups in total. The summed E-state index contributed by atoms with van der Waals surface area (Å²) in [6, 6.07) is 2.37.